The molecule has 0 aliphatic rings. The van der Waals surface area contributed by atoms with Gasteiger partial charge in [-0.1, -0.05) is 315 Å². The van der Waals surface area contributed by atoms with E-state index in [9.17, 15) is 14.4 Å². The smallest absolute Gasteiger partial charge is 0.306 e. The van der Waals surface area contributed by atoms with E-state index in [1.54, 1.807) is 0 Å². The van der Waals surface area contributed by atoms with Crippen LogP contribution in [0.3, 0.4) is 0 Å². The summed E-state index contributed by atoms with van der Waals surface area (Å²) in [5.74, 6) is -0.848. The Hall–Kier alpha value is -2.11. The van der Waals surface area contributed by atoms with Crippen molar-refractivity contribution in [3.05, 3.63) is 24.3 Å². The van der Waals surface area contributed by atoms with Crippen LogP contribution in [0, 0.1) is 0 Å². The molecule has 0 aliphatic heterocycles. The Morgan fingerprint density at radius 2 is 0.440 bits per heavy atom. The highest BCUT2D eigenvalue weighted by atomic mass is 16.6. The highest BCUT2D eigenvalue weighted by Crippen LogP contribution is 2.18. The van der Waals surface area contributed by atoms with Crippen molar-refractivity contribution < 1.29 is 28.6 Å². The molecular formula is C69H130O6. The summed E-state index contributed by atoms with van der Waals surface area (Å²) in [5, 5.41) is 0. The standard InChI is InChI=1S/C69H130O6/c1-4-7-10-13-16-19-22-25-28-31-33-34-35-36-39-41-44-47-50-53-56-59-62-68(71)74-65-66(64-73-67(70)61-58-55-52-49-46-43-40-37-30-27-24-21-18-15-12-9-6-3)75-69(72)63-60-57-54-51-48-45-42-38-32-29-26-23-20-17-14-11-8-5-2/h27,29-30,32,66H,4-26,28,31,33-65H2,1-3H3/b30-27-,32-29-. The van der Waals surface area contributed by atoms with Crippen molar-refractivity contribution in [3.63, 3.8) is 0 Å². The number of rotatable bonds is 63. The highest BCUT2D eigenvalue weighted by molar-refractivity contribution is 5.71. The lowest BCUT2D eigenvalue weighted by atomic mass is 10.0. The molecule has 0 radical (unpaired) electrons. The molecule has 0 spiro atoms. The van der Waals surface area contributed by atoms with Crippen molar-refractivity contribution in [3.8, 4) is 0 Å². The van der Waals surface area contributed by atoms with Crippen LogP contribution in [0.2, 0.25) is 0 Å². The summed E-state index contributed by atoms with van der Waals surface area (Å²) in [5.41, 5.74) is 0. The van der Waals surface area contributed by atoms with Gasteiger partial charge in [0.15, 0.2) is 6.10 Å². The first kappa shape index (κ1) is 72.9. The minimum atomic E-state index is -0.773. The minimum absolute atomic E-state index is 0.0691. The SMILES string of the molecule is CCCCCCCC/C=C\CCCCCCCCCC(=O)OCC(COC(=O)CCCCCCCCCCCCCCCCCCCCCCCC)OC(=O)CCCCCCCCC/C=C\CCCCCCCCC. The van der Waals surface area contributed by atoms with Gasteiger partial charge in [-0.2, -0.15) is 0 Å². The van der Waals surface area contributed by atoms with Gasteiger partial charge in [0.05, 0.1) is 0 Å². The maximum Gasteiger partial charge on any atom is 0.306 e. The minimum Gasteiger partial charge on any atom is -0.462 e. The van der Waals surface area contributed by atoms with E-state index in [-0.39, 0.29) is 31.1 Å². The molecule has 0 aromatic heterocycles. The average Bonchev–Trinajstić information content (AvgIpc) is 3.41. The molecule has 442 valence electrons. The fourth-order valence-corrected chi connectivity index (χ4v) is 10.3. The summed E-state index contributed by atoms with van der Waals surface area (Å²) in [4.78, 5) is 38.4. The van der Waals surface area contributed by atoms with Crippen LogP contribution in [0.5, 0.6) is 0 Å². The molecule has 75 heavy (non-hydrogen) atoms. The number of hydrogen-bond acceptors (Lipinski definition) is 6. The molecule has 0 saturated carbocycles. The molecule has 1 atom stereocenters. The van der Waals surface area contributed by atoms with E-state index >= 15 is 0 Å². The number of unbranched alkanes of at least 4 members (excludes halogenated alkanes) is 48. The predicted octanol–water partition coefficient (Wildman–Crippen LogP) is 23.0. The Kier molecular flexibility index (Phi) is 62.6. The Bertz CT molecular complexity index is 1210. The van der Waals surface area contributed by atoms with E-state index in [0.717, 1.165) is 57.8 Å². The third-order valence-corrected chi connectivity index (χ3v) is 15.4. The van der Waals surface area contributed by atoms with Gasteiger partial charge in [-0.25, -0.2) is 0 Å². The molecule has 0 rings (SSSR count). The molecule has 0 fully saturated rings. The molecule has 6 nitrogen and oxygen atoms in total. The molecule has 6 heteroatoms. The first-order valence-corrected chi connectivity index (χ1v) is 33.8. The van der Waals surface area contributed by atoms with Gasteiger partial charge in [0.1, 0.15) is 13.2 Å². The maximum absolute atomic E-state index is 12.9. The molecule has 0 N–H and O–H groups in total. The van der Waals surface area contributed by atoms with Gasteiger partial charge >= 0.3 is 17.9 Å². The Morgan fingerprint density at radius 1 is 0.253 bits per heavy atom. The summed E-state index contributed by atoms with van der Waals surface area (Å²) in [6.45, 7) is 6.70. The topological polar surface area (TPSA) is 78.9 Å². The second kappa shape index (κ2) is 64.4. The van der Waals surface area contributed by atoms with E-state index in [2.05, 4.69) is 45.1 Å². The van der Waals surface area contributed by atoms with Crippen molar-refractivity contribution in [2.24, 2.45) is 0 Å². The second-order valence-electron chi connectivity index (χ2n) is 23.1. The number of ether oxygens (including phenoxy) is 3. The van der Waals surface area contributed by atoms with Crippen LogP contribution in [0.4, 0.5) is 0 Å². The average molecular weight is 1060 g/mol. The lowest BCUT2D eigenvalue weighted by molar-refractivity contribution is -0.167. The summed E-state index contributed by atoms with van der Waals surface area (Å²) in [6, 6.07) is 0. The van der Waals surface area contributed by atoms with Gasteiger partial charge in [0, 0.05) is 19.3 Å². The largest absolute Gasteiger partial charge is 0.462 e. The van der Waals surface area contributed by atoms with Crippen molar-refractivity contribution in [1.29, 1.82) is 0 Å². The van der Waals surface area contributed by atoms with Gasteiger partial charge in [0.25, 0.3) is 0 Å². The number of esters is 3. The third kappa shape index (κ3) is 62.6. The van der Waals surface area contributed by atoms with E-state index in [4.69, 9.17) is 14.2 Å². The normalized spacial score (nSPS) is 12.1. The fourth-order valence-electron chi connectivity index (χ4n) is 10.3. The van der Waals surface area contributed by atoms with Crippen molar-refractivity contribution in [2.75, 3.05) is 13.2 Å². The number of carbonyl (C=O) groups excluding carboxylic acids is 3. The first-order valence-electron chi connectivity index (χ1n) is 33.8. The fraction of sp³-hybridized carbons (Fsp3) is 0.899. The Labute approximate surface area is 468 Å². The van der Waals surface area contributed by atoms with Crippen LogP contribution < -0.4 is 0 Å². The van der Waals surface area contributed by atoms with E-state index in [0.29, 0.717) is 19.3 Å². The molecule has 0 amide bonds. The summed E-state index contributed by atoms with van der Waals surface area (Å²) in [6.07, 6.45) is 77.6. The zero-order valence-electron chi connectivity index (χ0n) is 50.8. The monoisotopic (exact) mass is 1050 g/mol. The van der Waals surface area contributed by atoms with Gasteiger partial charge in [-0.3, -0.25) is 14.4 Å². The highest BCUT2D eigenvalue weighted by Gasteiger charge is 2.19. The quantitative estimate of drug-likeness (QED) is 0.0261. The zero-order valence-corrected chi connectivity index (χ0v) is 50.8. The molecular weight excluding hydrogens is 925 g/mol. The van der Waals surface area contributed by atoms with Gasteiger partial charge in [-0.05, 0) is 70.6 Å². The molecule has 0 aromatic carbocycles. The summed E-state index contributed by atoms with van der Waals surface area (Å²) in [7, 11) is 0. The van der Waals surface area contributed by atoms with Crippen LogP contribution in [0.1, 0.15) is 380 Å². The number of carbonyl (C=O) groups is 3. The van der Waals surface area contributed by atoms with Crippen LogP contribution in [0.15, 0.2) is 24.3 Å². The lowest BCUT2D eigenvalue weighted by Gasteiger charge is -2.18. The Balaban J connectivity index is 4.30. The van der Waals surface area contributed by atoms with E-state index < -0.39 is 6.10 Å². The summed E-state index contributed by atoms with van der Waals surface area (Å²) >= 11 is 0. The number of allylic oxidation sites excluding steroid dienone is 4. The van der Waals surface area contributed by atoms with Gasteiger partial charge in [0.2, 0.25) is 0 Å². The van der Waals surface area contributed by atoms with E-state index in [1.165, 1.54) is 283 Å². The van der Waals surface area contributed by atoms with Crippen LogP contribution in [-0.4, -0.2) is 37.2 Å². The maximum atomic E-state index is 12.9. The summed E-state index contributed by atoms with van der Waals surface area (Å²) < 4.78 is 17.0. The molecule has 0 aliphatic carbocycles. The van der Waals surface area contributed by atoms with Crippen LogP contribution in [-0.2, 0) is 28.6 Å². The molecule has 0 bridgehead atoms. The van der Waals surface area contributed by atoms with Crippen molar-refractivity contribution in [2.45, 2.75) is 386 Å². The lowest BCUT2D eigenvalue weighted by Crippen LogP contribution is -2.30. The first-order chi connectivity index (χ1) is 37.0. The zero-order chi connectivity index (χ0) is 54.3. The molecule has 0 heterocycles. The predicted molar refractivity (Wildman–Crippen MR) is 326 cm³/mol. The van der Waals surface area contributed by atoms with Crippen molar-refractivity contribution in [1.82, 2.24) is 0 Å². The molecule has 0 aromatic rings. The van der Waals surface area contributed by atoms with Crippen LogP contribution >= 0.6 is 0 Å². The molecule has 0 saturated heterocycles. The number of hydrogen-bond donors (Lipinski definition) is 0. The van der Waals surface area contributed by atoms with Gasteiger partial charge in [-0.15, -0.1) is 0 Å². The van der Waals surface area contributed by atoms with Crippen molar-refractivity contribution >= 4 is 17.9 Å². The Morgan fingerprint density at radius 3 is 0.667 bits per heavy atom. The second-order valence-corrected chi connectivity index (χ2v) is 23.1. The van der Waals surface area contributed by atoms with Crippen LogP contribution in [0.25, 0.3) is 0 Å². The van der Waals surface area contributed by atoms with Gasteiger partial charge < -0.3 is 14.2 Å². The van der Waals surface area contributed by atoms with E-state index in [1.807, 2.05) is 0 Å². The molecule has 1 unspecified atom stereocenters. The third-order valence-electron chi connectivity index (χ3n) is 15.4.